The van der Waals surface area contributed by atoms with E-state index >= 15 is 0 Å². The zero-order valence-corrected chi connectivity index (χ0v) is 10.5. The van der Waals surface area contributed by atoms with Gasteiger partial charge in [-0.2, -0.15) is 0 Å². The fraction of sp³-hybridized carbons (Fsp3) is 0.462. The standard InChI is InChI=1S/C13H16O5/c1-13(2,16)11-10(14)8-6-7(12(15)17-3)4-5-9(8)18-11/h4-6,10-11,14,16H,1-3H3/t10-,11-/m0/s1. The molecule has 0 radical (unpaired) electrons. The highest BCUT2D eigenvalue weighted by molar-refractivity contribution is 5.89. The first-order valence-electron chi connectivity index (χ1n) is 5.64. The van der Waals surface area contributed by atoms with E-state index in [-0.39, 0.29) is 0 Å². The molecular formula is C13H16O5. The van der Waals surface area contributed by atoms with Gasteiger partial charge in [-0.25, -0.2) is 4.79 Å². The molecule has 0 amide bonds. The molecule has 18 heavy (non-hydrogen) atoms. The number of ether oxygens (including phenoxy) is 2. The van der Waals surface area contributed by atoms with Crippen LogP contribution in [-0.2, 0) is 4.74 Å². The van der Waals surface area contributed by atoms with E-state index in [1.165, 1.54) is 13.2 Å². The van der Waals surface area contributed by atoms with E-state index in [1.807, 2.05) is 0 Å². The molecule has 1 aliphatic rings. The third kappa shape index (κ3) is 2.07. The van der Waals surface area contributed by atoms with Crippen LogP contribution in [-0.4, -0.2) is 35.0 Å². The molecule has 1 aliphatic heterocycles. The zero-order chi connectivity index (χ0) is 13.5. The van der Waals surface area contributed by atoms with Crippen LogP contribution >= 0.6 is 0 Å². The van der Waals surface area contributed by atoms with E-state index in [0.717, 1.165) is 0 Å². The quantitative estimate of drug-likeness (QED) is 0.769. The topological polar surface area (TPSA) is 76.0 Å². The number of aliphatic hydroxyl groups is 2. The summed E-state index contributed by atoms with van der Waals surface area (Å²) < 4.78 is 10.1. The molecule has 2 rings (SSSR count). The predicted molar refractivity (Wildman–Crippen MR) is 63.5 cm³/mol. The maximum atomic E-state index is 11.4. The summed E-state index contributed by atoms with van der Waals surface area (Å²) in [4.78, 5) is 11.4. The van der Waals surface area contributed by atoms with Crippen LogP contribution in [0.4, 0.5) is 0 Å². The molecule has 1 aromatic carbocycles. The average molecular weight is 252 g/mol. The molecule has 1 aromatic rings. The molecule has 0 saturated heterocycles. The monoisotopic (exact) mass is 252 g/mol. The summed E-state index contributed by atoms with van der Waals surface area (Å²) in [6.07, 6.45) is -1.72. The van der Waals surface area contributed by atoms with Crippen LogP contribution in [0.25, 0.3) is 0 Å². The molecule has 0 spiro atoms. The van der Waals surface area contributed by atoms with Crippen LogP contribution in [0.15, 0.2) is 18.2 Å². The third-order valence-corrected chi connectivity index (χ3v) is 2.99. The Balaban J connectivity index is 2.36. The number of methoxy groups -OCH3 is 1. The van der Waals surface area contributed by atoms with Crippen molar-refractivity contribution < 1.29 is 24.5 Å². The van der Waals surface area contributed by atoms with Crippen LogP contribution in [0, 0.1) is 0 Å². The lowest BCUT2D eigenvalue weighted by Crippen LogP contribution is -2.41. The van der Waals surface area contributed by atoms with Gasteiger partial charge in [0.1, 0.15) is 11.9 Å². The number of hydrogen-bond acceptors (Lipinski definition) is 5. The van der Waals surface area contributed by atoms with Crippen molar-refractivity contribution in [2.75, 3.05) is 7.11 Å². The Morgan fingerprint density at radius 2 is 2.11 bits per heavy atom. The van der Waals surface area contributed by atoms with Gasteiger partial charge >= 0.3 is 5.97 Å². The summed E-state index contributed by atoms with van der Waals surface area (Å²) in [5, 5.41) is 20.0. The maximum Gasteiger partial charge on any atom is 0.337 e. The van der Waals surface area contributed by atoms with Gasteiger partial charge in [0.15, 0.2) is 6.10 Å². The van der Waals surface area contributed by atoms with Crippen molar-refractivity contribution in [1.29, 1.82) is 0 Å². The third-order valence-electron chi connectivity index (χ3n) is 2.99. The maximum absolute atomic E-state index is 11.4. The van der Waals surface area contributed by atoms with Crippen LogP contribution in [0.2, 0.25) is 0 Å². The summed E-state index contributed by atoms with van der Waals surface area (Å²) >= 11 is 0. The molecule has 1 heterocycles. The molecule has 5 nitrogen and oxygen atoms in total. The molecule has 2 N–H and O–H groups in total. The van der Waals surface area contributed by atoms with E-state index in [1.54, 1.807) is 26.0 Å². The van der Waals surface area contributed by atoms with Crippen molar-refractivity contribution >= 4 is 5.97 Å². The van der Waals surface area contributed by atoms with Gasteiger partial charge in [-0.05, 0) is 32.0 Å². The second-order valence-electron chi connectivity index (χ2n) is 4.88. The Labute approximate surface area is 105 Å². The summed E-state index contributed by atoms with van der Waals surface area (Å²) in [6.45, 7) is 3.13. The van der Waals surface area contributed by atoms with Crippen molar-refractivity contribution in [3.8, 4) is 5.75 Å². The van der Waals surface area contributed by atoms with Crippen molar-refractivity contribution in [1.82, 2.24) is 0 Å². The first-order valence-corrected chi connectivity index (χ1v) is 5.64. The first kappa shape index (κ1) is 12.9. The highest BCUT2D eigenvalue weighted by atomic mass is 16.5. The minimum Gasteiger partial charge on any atom is -0.484 e. The Bertz CT molecular complexity index is 475. The highest BCUT2D eigenvalue weighted by Crippen LogP contribution is 2.40. The fourth-order valence-electron chi connectivity index (χ4n) is 2.03. The normalized spacial score (nSPS) is 22.3. The number of hydrogen-bond donors (Lipinski definition) is 2. The smallest absolute Gasteiger partial charge is 0.337 e. The van der Waals surface area contributed by atoms with Gasteiger partial charge in [0.25, 0.3) is 0 Å². The highest BCUT2D eigenvalue weighted by Gasteiger charge is 2.42. The van der Waals surface area contributed by atoms with Crippen molar-refractivity contribution in [3.05, 3.63) is 29.3 Å². The van der Waals surface area contributed by atoms with Crippen LogP contribution in [0.1, 0.15) is 35.9 Å². The van der Waals surface area contributed by atoms with E-state index < -0.39 is 23.8 Å². The molecule has 0 bridgehead atoms. The average Bonchev–Trinajstić information content (AvgIpc) is 2.65. The SMILES string of the molecule is COC(=O)c1ccc2c(c1)[C@H](O)[C@@H](C(C)(C)O)O2. The predicted octanol–water partition coefficient (Wildman–Crippen LogP) is 1.04. The first-order chi connectivity index (χ1) is 8.34. The van der Waals surface area contributed by atoms with Gasteiger partial charge in [-0.3, -0.25) is 0 Å². The van der Waals surface area contributed by atoms with Crippen molar-refractivity contribution in [2.45, 2.75) is 31.7 Å². The van der Waals surface area contributed by atoms with E-state index in [0.29, 0.717) is 16.9 Å². The lowest BCUT2D eigenvalue weighted by molar-refractivity contribution is -0.0762. The number of esters is 1. The molecule has 98 valence electrons. The van der Waals surface area contributed by atoms with E-state index in [2.05, 4.69) is 4.74 Å². The minimum absolute atomic E-state index is 0.343. The van der Waals surface area contributed by atoms with Gasteiger partial charge in [-0.15, -0.1) is 0 Å². The molecule has 2 atom stereocenters. The summed E-state index contributed by atoms with van der Waals surface area (Å²) in [5.74, 6) is -0.000938. The van der Waals surface area contributed by atoms with Gasteiger partial charge in [-0.1, -0.05) is 0 Å². The van der Waals surface area contributed by atoms with Crippen LogP contribution < -0.4 is 4.74 Å². The second-order valence-corrected chi connectivity index (χ2v) is 4.88. The van der Waals surface area contributed by atoms with Crippen molar-refractivity contribution in [3.63, 3.8) is 0 Å². The summed E-state index contributed by atoms with van der Waals surface area (Å²) in [7, 11) is 1.29. The van der Waals surface area contributed by atoms with E-state index in [9.17, 15) is 15.0 Å². The molecule has 0 aliphatic carbocycles. The Kier molecular flexibility index (Phi) is 3.04. The lowest BCUT2D eigenvalue weighted by Gasteiger charge is -2.27. The number of benzene rings is 1. The molecule has 0 unspecified atom stereocenters. The van der Waals surface area contributed by atoms with E-state index in [4.69, 9.17) is 4.74 Å². The summed E-state index contributed by atoms with van der Waals surface area (Å²) in [6, 6.07) is 4.68. The van der Waals surface area contributed by atoms with Gasteiger partial charge in [0, 0.05) is 5.56 Å². The number of aliphatic hydroxyl groups excluding tert-OH is 1. The fourth-order valence-corrected chi connectivity index (χ4v) is 2.03. The number of carbonyl (C=O) groups is 1. The largest absolute Gasteiger partial charge is 0.484 e. The van der Waals surface area contributed by atoms with Gasteiger partial charge in [0.2, 0.25) is 0 Å². The van der Waals surface area contributed by atoms with Crippen molar-refractivity contribution in [2.24, 2.45) is 0 Å². The number of rotatable bonds is 2. The number of carbonyl (C=O) groups excluding carboxylic acids is 1. The minimum atomic E-state index is -1.18. The summed E-state index contributed by atoms with van der Waals surface area (Å²) in [5.41, 5.74) is -0.343. The number of fused-ring (bicyclic) bond motifs is 1. The Morgan fingerprint density at radius 1 is 1.44 bits per heavy atom. The molecular weight excluding hydrogens is 236 g/mol. The Morgan fingerprint density at radius 3 is 2.67 bits per heavy atom. The molecule has 0 aromatic heterocycles. The Hall–Kier alpha value is -1.59. The van der Waals surface area contributed by atoms with Crippen LogP contribution in [0.3, 0.4) is 0 Å². The van der Waals surface area contributed by atoms with Gasteiger partial charge in [0.05, 0.1) is 18.3 Å². The molecule has 5 heteroatoms. The van der Waals surface area contributed by atoms with Crippen LogP contribution in [0.5, 0.6) is 5.75 Å². The second kappa shape index (κ2) is 4.26. The van der Waals surface area contributed by atoms with Gasteiger partial charge < -0.3 is 19.7 Å². The zero-order valence-electron chi connectivity index (χ0n) is 10.5. The molecule has 0 saturated carbocycles. The molecule has 0 fully saturated rings. The lowest BCUT2D eigenvalue weighted by atomic mass is 9.94.